The standard InChI is InChI=1S/C26H36N2.4CH4.I2/c1-16-11-24(12-17(2)18(16)3)26(9,14-27)15-28(10)13-25-22(7)20(5)19(4)21(6)23(25)8;;;;;1-2/h11-12H,13,15H2,1-10H3;4*1H4;. The van der Waals surface area contributed by atoms with Crippen LogP contribution in [0.5, 0.6) is 0 Å². The maximum Gasteiger partial charge on any atom is 0.0920 e. The molecule has 2 nitrogen and oxygen atoms in total. The van der Waals surface area contributed by atoms with Gasteiger partial charge in [-0.25, -0.2) is 0 Å². The van der Waals surface area contributed by atoms with E-state index in [0.717, 1.165) is 12.1 Å². The molecule has 0 saturated heterocycles. The minimum Gasteiger partial charge on any atom is -0.300 e. The molecule has 0 bridgehead atoms. The number of benzene rings is 2. The van der Waals surface area contributed by atoms with Gasteiger partial charge in [-0.2, -0.15) is 5.26 Å². The lowest BCUT2D eigenvalue weighted by molar-refractivity contribution is 0.280. The zero-order valence-electron chi connectivity index (χ0n) is 20.2. The van der Waals surface area contributed by atoms with Gasteiger partial charge in [0.2, 0.25) is 0 Å². The number of rotatable bonds is 5. The van der Waals surface area contributed by atoms with E-state index in [1.807, 2.05) is 0 Å². The second-order valence-corrected chi connectivity index (χ2v) is 8.95. The van der Waals surface area contributed by atoms with Crippen molar-refractivity contribution in [3.05, 3.63) is 67.8 Å². The van der Waals surface area contributed by atoms with E-state index in [9.17, 15) is 5.26 Å². The summed E-state index contributed by atoms with van der Waals surface area (Å²) < 4.78 is 0. The summed E-state index contributed by atoms with van der Waals surface area (Å²) in [5.74, 6) is 0. The highest BCUT2D eigenvalue weighted by atomic mass is 128. The van der Waals surface area contributed by atoms with Crippen molar-refractivity contribution in [2.24, 2.45) is 0 Å². The molecule has 0 N–H and O–H groups in total. The van der Waals surface area contributed by atoms with Crippen molar-refractivity contribution in [2.45, 2.75) is 104 Å². The van der Waals surface area contributed by atoms with E-state index in [-0.39, 0.29) is 29.7 Å². The van der Waals surface area contributed by atoms with E-state index in [4.69, 9.17) is 0 Å². The highest BCUT2D eigenvalue weighted by Crippen LogP contribution is 2.30. The third-order valence-electron chi connectivity index (χ3n) is 6.98. The lowest BCUT2D eigenvalue weighted by Gasteiger charge is -2.31. The Morgan fingerprint density at radius 1 is 0.735 bits per heavy atom. The predicted molar refractivity (Wildman–Crippen MR) is 175 cm³/mol. The van der Waals surface area contributed by atoms with Gasteiger partial charge >= 0.3 is 0 Å². The van der Waals surface area contributed by atoms with Gasteiger partial charge in [-0.15, -0.1) is 0 Å². The van der Waals surface area contributed by atoms with Crippen LogP contribution in [-0.2, 0) is 12.0 Å². The summed E-state index contributed by atoms with van der Waals surface area (Å²) in [6, 6.07) is 6.99. The molecular formula is C30H52I2N2. The first-order valence-corrected chi connectivity index (χ1v) is 16.6. The molecule has 0 aliphatic carbocycles. The normalized spacial score (nSPS) is 11.3. The minimum absolute atomic E-state index is 0. The Hall–Kier alpha value is -0.650. The number of hydrogen-bond donors (Lipinski definition) is 0. The van der Waals surface area contributed by atoms with Crippen molar-refractivity contribution >= 4 is 37.2 Å². The molecule has 4 heteroatoms. The van der Waals surface area contributed by atoms with Crippen molar-refractivity contribution in [3.8, 4) is 6.07 Å². The van der Waals surface area contributed by atoms with Gasteiger partial charge in [0, 0.05) is 50.3 Å². The Morgan fingerprint density at radius 3 is 1.44 bits per heavy atom. The molecule has 34 heavy (non-hydrogen) atoms. The van der Waals surface area contributed by atoms with Crippen LogP contribution >= 0.6 is 37.2 Å². The van der Waals surface area contributed by atoms with E-state index >= 15 is 0 Å². The van der Waals surface area contributed by atoms with Crippen LogP contribution in [0.4, 0.5) is 0 Å². The van der Waals surface area contributed by atoms with Gasteiger partial charge < -0.3 is 4.90 Å². The molecule has 1 unspecified atom stereocenters. The Bertz CT molecular complexity index is 905. The van der Waals surface area contributed by atoms with Crippen LogP contribution in [0.15, 0.2) is 12.1 Å². The van der Waals surface area contributed by atoms with Gasteiger partial charge in [0.15, 0.2) is 0 Å². The van der Waals surface area contributed by atoms with Crippen molar-refractivity contribution < 1.29 is 0 Å². The summed E-state index contributed by atoms with van der Waals surface area (Å²) >= 11 is 4.24. The molecule has 196 valence electrons. The monoisotopic (exact) mass is 694 g/mol. The number of nitrogens with zero attached hydrogens (tertiary/aromatic N) is 2. The van der Waals surface area contributed by atoms with Gasteiger partial charge in [-0.3, -0.25) is 0 Å². The maximum absolute atomic E-state index is 10.1. The van der Waals surface area contributed by atoms with Crippen molar-refractivity contribution in [2.75, 3.05) is 13.6 Å². The zero-order valence-corrected chi connectivity index (χ0v) is 24.5. The van der Waals surface area contributed by atoms with E-state index in [1.165, 1.54) is 50.1 Å². The van der Waals surface area contributed by atoms with Gasteiger partial charge in [0.05, 0.1) is 11.5 Å². The molecule has 0 saturated carbocycles. The predicted octanol–water partition coefficient (Wildman–Crippen LogP) is 10.4. The molecule has 0 heterocycles. The van der Waals surface area contributed by atoms with Crippen LogP contribution in [0, 0.1) is 66.7 Å². The van der Waals surface area contributed by atoms with Crippen LogP contribution in [0.25, 0.3) is 0 Å². The average molecular weight is 695 g/mol. The van der Waals surface area contributed by atoms with E-state index in [1.54, 1.807) is 0 Å². The zero-order chi connectivity index (χ0) is 23.4. The maximum atomic E-state index is 10.1. The van der Waals surface area contributed by atoms with Crippen LogP contribution in [0.2, 0.25) is 0 Å². The largest absolute Gasteiger partial charge is 0.300 e. The number of nitriles is 1. The van der Waals surface area contributed by atoms with Crippen LogP contribution in [-0.4, -0.2) is 18.5 Å². The molecule has 2 aromatic carbocycles. The SMILES string of the molecule is C.C.C.C.Cc1cc(C(C)(C#N)CN(C)Cc2c(C)c(C)c(C)c(C)c2C)cc(C)c1C.II. The fraction of sp³-hybridized carbons (Fsp3) is 0.567. The molecular weight excluding hydrogens is 642 g/mol. The molecule has 0 spiro atoms. The van der Waals surface area contributed by atoms with Gasteiger partial charge in [0.1, 0.15) is 0 Å². The Labute approximate surface area is 237 Å². The van der Waals surface area contributed by atoms with E-state index in [0.29, 0.717) is 6.54 Å². The van der Waals surface area contributed by atoms with Crippen LogP contribution in [0.1, 0.15) is 92.3 Å². The van der Waals surface area contributed by atoms with Crippen LogP contribution < -0.4 is 0 Å². The highest BCUT2D eigenvalue weighted by molar-refractivity contribution is 15.0. The second kappa shape index (κ2) is 16.9. The summed E-state index contributed by atoms with van der Waals surface area (Å²) in [5, 5.41) is 10.1. The van der Waals surface area contributed by atoms with Gasteiger partial charge in [0.25, 0.3) is 0 Å². The molecule has 0 amide bonds. The fourth-order valence-corrected chi connectivity index (χ4v) is 4.23. The third-order valence-corrected chi connectivity index (χ3v) is 6.98. The quantitative estimate of drug-likeness (QED) is 0.292. The molecule has 1 atom stereocenters. The lowest BCUT2D eigenvalue weighted by Crippen LogP contribution is -2.36. The Morgan fingerprint density at radius 2 is 1.09 bits per heavy atom. The number of aryl methyl sites for hydroxylation is 2. The van der Waals surface area contributed by atoms with E-state index < -0.39 is 5.41 Å². The molecule has 0 fully saturated rings. The van der Waals surface area contributed by atoms with Gasteiger partial charge in [-0.1, -0.05) is 41.8 Å². The van der Waals surface area contributed by atoms with Crippen molar-refractivity contribution in [1.82, 2.24) is 4.90 Å². The lowest BCUT2D eigenvalue weighted by atomic mass is 9.81. The van der Waals surface area contributed by atoms with Crippen LogP contribution in [0.3, 0.4) is 0 Å². The van der Waals surface area contributed by atoms with E-state index in [2.05, 4.69) is 130 Å². The first-order valence-electron chi connectivity index (χ1n) is 10.3. The summed E-state index contributed by atoms with van der Waals surface area (Å²) in [5.41, 5.74) is 12.8. The molecule has 0 radical (unpaired) electrons. The minimum atomic E-state index is -0.533. The molecule has 0 aliphatic heterocycles. The molecule has 2 aromatic rings. The summed E-state index contributed by atoms with van der Waals surface area (Å²) in [6.07, 6.45) is 0. The third kappa shape index (κ3) is 8.78. The average Bonchev–Trinajstić information content (AvgIpc) is 2.73. The Kier molecular flexibility index (Phi) is 20.2. The number of likely N-dealkylation sites (N-methyl/N-ethyl adjacent to an activating group) is 1. The summed E-state index contributed by atoms with van der Waals surface area (Å²) in [4.78, 5) is 2.30. The summed E-state index contributed by atoms with van der Waals surface area (Å²) in [7, 11) is 2.13. The first-order chi connectivity index (χ1) is 13.9. The fourth-order valence-electron chi connectivity index (χ4n) is 4.23. The van der Waals surface area contributed by atoms with Crippen molar-refractivity contribution in [1.29, 1.82) is 5.26 Å². The second-order valence-electron chi connectivity index (χ2n) is 8.95. The Balaban J connectivity index is -0.000000730. The number of hydrogen-bond acceptors (Lipinski definition) is 2. The first kappa shape index (κ1) is 40.5. The topological polar surface area (TPSA) is 27.0 Å². The summed E-state index contributed by atoms with van der Waals surface area (Å²) in [6.45, 7) is 21.2. The highest BCUT2D eigenvalue weighted by Gasteiger charge is 2.29. The van der Waals surface area contributed by atoms with Gasteiger partial charge in [-0.05, 0) is 125 Å². The smallest absolute Gasteiger partial charge is 0.0920 e. The molecule has 2 rings (SSSR count). The molecule has 0 aromatic heterocycles. The van der Waals surface area contributed by atoms with Crippen molar-refractivity contribution in [3.63, 3.8) is 0 Å². The molecule has 0 aliphatic rings. The number of halogens is 2.